The third-order valence-corrected chi connectivity index (χ3v) is 3.74. The molecule has 1 amide bonds. The van der Waals surface area contributed by atoms with E-state index in [0.29, 0.717) is 18.2 Å². The summed E-state index contributed by atoms with van der Waals surface area (Å²) >= 11 is 0. The van der Waals surface area contributed by atoms with Crippen LogP contribution in [0.25, 0.3) is 6.08 Å². The van der Waals surface area contributed by atoms with E-state index in [9.17, 15) is 9.90 Å². The Bertz CT molecular complexity index is 428. The van der Waals surface area contributed by atoms with Crippen molar-refractivity contribution in [3.8, 4) is 0 Å². The van der Waals surface area contributed by atoms with Gasteiger partial charge in [-0.2, -0.15) is 0 Å². The molecule has 2 rings (SSSR count). The monoisotopic (exact) mass is 263 g/mol. The van der Waals surface area contributed by atoms with Crippen molar-refractivity contribution in [1.29, 1.82) is 0 Å². The van der Waals surface area contributed by atoms with Crippen molar-refractivity contribution < 1.29 is 14.3 Å². The largest absolute Gasteiger partial charge is 0.465 e. The molecule has 1 aliphatic carbocycles. The summed E-state index contributed by atoms with van der Waals surface area (Å²) in [6, 6.07) is 3.54. The summed E-state index contributed by atoms with van der Waals surface area (Å²) in [4.78, 5) is 11.6. The Morgan fingerprint density at radius 3 is 2.95 bits per heavy atom. The molecule has 104 valence electrons. The highest BCUT2D eigenvalue weighted by atomic mass is 16.3. The van der Waals surface area contributed by atoms with Crippen LogP contribution in [0.15, 0.2) is 28.9 Å². The van der Waals surface area contributed by atoms with Gasteiger partial charge in [-0.15, -0.1) is 0 Å². The molecule has 0 radical (unpaired) electrons. The highest BCUT2D eigenvalue weighted by Gasteiger charge is 2.31. The molecule has 4 nitrogen and oxygen atoms in total. The lowest BCUT2D eigenvalue weighted by Crippen LogP contribution is -2.44. The van der Waals surface area contributed by atoms with E-state index < -0.39 is 5.60 Å². The molecule has 0 unspecified atom stereocenters. The van der Waals surface area contributed by atoms with Crippen molar-refractivity contribution in [2.45, 2.75) is 38.2 Å². The molecule has 1 heterocycles. The molecule has 1 fully saturated rings. The van der Waals surface area contributed by atoms with Gasteiger partial charge < -0.3 is 14.8 Å². The summed E-state index contributed by atoms with van der Waals surface area (Å²) in [5, 5.41) is 13.1. The lowest BCUT2D eigenvalue weighted by Gasteiger charge is -2.34. The average Bonchev–Trinajstić information content (AvgIpc) is 2.91. The topological polar surface area (TPSA) is 62.5 Å². The van der Waals surface area contributed by atoms with Crippen LogP contribution in [0.2, 0.25) is 0 Å². The number of carbonyl (C=O) groups is 1. The molecule has 4 heteroatoms. The Labute approximate surface area is 113 Å². The first-order valence-electron chi connectivity index (χ1n) is 6.79. The zero-order valence-corrected chi connectivity index (χ0v) is 11.3. The number of carbonyl (C=O) groups excluding carboxylic acids is 1. The molecule has 0 atom stereocenters. The lowest BCUT2D eigenvalue weighted by atomic mass is 9.79. The average molecular weight is 263 g/mol. The third kappa shape index (κ3) is 4.24. The predicted molar refractivity (Wildman–Crippen MR) is 73.3 cm³/mol. The van der Waals surface area contributed by atoms with Crippen LogP contribution in [-0.2, 0) is 4.79 Å². The molecule has 0 saturated heterocycles. The van der Waals surface area contributed by atoms with Crippen LogP contribution < -0.4 is 5.32 Å². The highest BCUT2D eigenvalue weighted by Crippen LogP contribution is 2.31. The van der Waals surface area contributed by atoms with E-state index in [1.54, 1.807) is 24.5 Å². The van der Waals surface area contributed by atoms with Crippen molar-refractivity contribution in [3.05, 3.63) is 30.2 Å². The first-order chi connectivity index (χ1) is 9.07. The van der Waals surface area contributed by atoms with E-state index in [0.717, 1.165) is 25.7 Å². The molecule has 0 aromatic carbocycles. The highest BCUT2D eigenvalue weighted by molar-refractivity contribution is 5.91. The Morgan fingerprint density at radius 1 is 1.58 bits per heavy atom. The third-order valence-electron chi connectivity index (χ3n) is 3.74. The standard InChI is InChI=1S/C15H21NO3/c1-12-6-8-15(18,9-7-12)11-16-14(17)5-4-13-3-2-10-19-13/h2-5,10,12,18H,6-9,11H2,1H3,(H,16,17). The van der Waals surface area contributed by atoms with Crippen molar-refractivity contribution in [2.24, 2.45) is 5.92 Å². The Balaban J connectivity index is 1.77. The fourth-order valence-corrected chi connectivity index (χ4v) is 2.33. The molecule has 0 spiro atoms. The van der Waals surface area contributed by atoms with Crippen LogP contribution in [-0.4, -0.2) is 23.2 Å². The van der Waals surface area contributed by atoms with Crippen LogP contribution in [0.3, 0.4) is 0 Å². The van der Waals surface area contributed by atoms with Crippen LogP contribution in [0, 0.1) is 5.92 Å². The molecule has 1 aromatic heterocycles. The van der Waals surface area contributed by atoms with Crippen molar-refractivity contribution in [3.63, 3.8) is 0 Å². The molecule has 19 heavy (non-hydrogen) atoms. The predicted octanol–water partition coefficient (Wildman–Crippen LogP) is 2.35. The number of aliphatic hydroxyl groups is 1. The summed E-state index contributed by atoms with van der Waals surface area (Å²) in [5.74, 6) is 1.11. The van der Waals surface area contributed by atoms with E-state index in [2.05, 4.69) is 12.2 Å². The van der Waals surface area contributed by atoms with Gasteiger partial charge in [-0.1, -0.05) is 6.92 Å². The van der Waals surface area contributed by atoms with Gasteiger partial charge in [0.05, 0.1) is 11.9 Å². The summed E-state index contributed by atoms with van der Waals surface area (Å²) in [7, 11) is 0. The second-order valence-electron chi connectivity index (χ2n) is 5.47. The Kier molecular flexibility index (Phi) is 4.43. The van der Waals surface area contributed by atoms with Crippen molar-refractivity contribution in [2.75, 3.05) is 6.54 Å². The normalized spacial score (nSPS) is 27.6. The molecule has 0 bridgehead atoms. The number of amides is 1. The van der Waals surface area contributed by atoms with E-state index in [1.165, 1.54) is 6.08 Å². The summed E-state index contributed by atoms with van der Waals surface area (Å²) in [6.45, 7) is 2.52. The number of furan rings is 1. The number of hydrogen-bond acceptors (Lipinski definition) is 3. The van der Waals surface area contributed by atoms with Gasteiger partial charge in [0.25, 0.3) is 0 Å². The fraction of sp³-hybridized carbons (Fsp3) is 0.533. The van der Waals surface area contributed by atoms with Gasteiger partial charge in [-0.3, -0.25) is 4.79 Å². The number of rotatable bonds is 4. The second kappa shape index (κ2) is 6.06. The minimum absolute atomic E-state index is 0.205. The molecule has 2 N–H and O–H groups in total. The molecule has 1 saturated carbocycles. The zero-order valence-electron chi connectivity index (χ0n) is 11.3. The van der Waals surface area contributed by atoms with Gasteiger partial charge >= 0.3 is 0 Å². The van der Waals surface area contributed by atoms with Crippen LogP contribution in [0.4, 0.5) is 0 Å². The van der Waals surface area contributed by atoms with Crippen LogP contribution in [0.1, 0.15) is 38.4 Å². The van der Waals surface area contributed by atoms with Crippen molar-refractivity contribution in [1.82, 2.24) is 5.32 Å². The maximum atomic E-state index is 11.6. The Morgan fingerprint density at radius 2 is 2.32 bits per heavy atom. The minimum Gasteiger partial charge on any atom is -0.465 e. The number of hydrogen-bond donors (Lipinski definition) is 2. The van der Waals surface area contributed by atoms with E-state index in [1.807, 2.05) is 0 Å². The van der Waals surface area contributed by atoms with Crippen LogP contribution >= 0.6 is 0 Å². The second-order valence-corrected chi connectivity index (χ2v) is 5.47. The van der Waals surface area contributed by atoms with Gasteiger partial charge in [-0.25, -0.2) is 0 Å². The van der Waals surface area contributed by atoms with Crippen LogP contribution in [0.5, 0.6) is 0 Å². The summed E-state index contributed by atoms with van der Waals surface area (Å²) in [6.07, 6.45) is 8.16. The van der Waals surface area contributed by atoms with Gasteiger partial charge in [0.15, 0.2) is 0 Å². The lowest BCUT2D eigenvalue weighted by molar-refractivity contribution is -0.118. The molecular formula is C15H21NO3. The number of nitrogens with one attached hydrogen (secondary N) is 1. The zero-order chi connectivity index (χ0) is 13.7. The van der Waals surface area contributed by atoms with Gasteiger partial charge in [0.2, 0.25) is 5.91 Å². The molecular weight excluding hydrogens is 242 g/mol. The molecule has 0 aliphatic heterocycles. The van der Waals surface area contributed by atoms with E-state index in [4.69, 9.17) is 4.42 Å². The quantitative estimate of drug-likeness (QED) is 0.820. The summed E-state index contributed by atoms with van der Waals surface area (Å²) in [5.41, 5.74) is -0.735. The molecule has 1 aromatic rings. The maximum Gasteiger partial charge on any atom is 0.244 e. The summed E-state index contributed by atoms with van der Waals surface area (Å²) < 4.78 is 5.09. The SMILES string of the molecule is CC1CCC(O)(CNC(=O)C=Cc2ccco2)CC1. The van der Waals surface area contributed by atoms with Crippen molar-refractivity contribution >= 4 is 12.0 Å². The first kappa shape index (κ1) is 13.9. The van der Waals surface area contributed by atoms with Gasteiger partial charge in [0.1, 0.15) is 5.76 Å². The minimum atomic E-state index is -0.735. The smallest absolute Gasteiger partial charge is 0.244 e. The Hall–Kier alpha value is -1.55. The van der Waals surface area contributed by atoms with E-state index >= 15 is 0 Å². The van der Waals surface area contributed by atoms with Gasteiger partial charge in [-0.05, 0) is 49.8 Å². The fourth-order valence-electron chi connectivity index (χ4n) is 2.33. The van der Waals surface area contributed by atoms with E-state index in [-0.39, 0.29) is 5.91 Å². The molecule has 1 aliphatic rings. The first-order valence-corrected chi connectivity index (χ1v) is 6.79. The van der Waals surface area contributed by atoms with Gasteiger partial charge in [0, 0.05) is 12.6 Å². The maximum absolute atomic E-state index is 11.6.